The average molecular weight is 405 g/mol. The first kappa shape index (κ1) is 21.1. The molecule has 0 unspecified atom stereocenters. The molecule has 8 nitrogen and oxygen atoms in total. The lowest BCUT2D eigenvalue weighted by molar-refractivity contribution is -0.118. The Labute approximate surface area is 165 Å². The highest BCUT2D eigenvalue weighted by atomic mass is 32.1. The van der Waals surface area contributed by atoms with E-state index in [1.165, 1.54) is 27.2 Å². The lowest BCUT2D eigenvalue weighted by Gasteiger charge is -2.08. The van der Waals surface area contributed by atoms with Crippen molar-refractivity contribution in [2.24, 2.45) is 0 Å². The number of amides is 1. The van der Waals surface area contributed by atoms with Gasteiger partial charge in [-0.25, -0.2) is 9.59 Å². The van der Waals surface area contributed by atoms with Crippen LogP contribution in [0.1, 0.15) is 42.9 Å². The number of ketones is 1. The van der Waals surface area contributed by atoms with Gasteiger partial charge in [-0.3, -0.25) is 9.59 Å². The SMILES string of the molecule is COC(=O)c1sc(NC(=O)COc2cccc(C(C)=O)c2)c(C(=O)OC)c1C. The van der Waals surface area contributed by atoms with E-state index in [1.54, 1.807) is 25.1 Å². The van der Waals surface area contributed by atoms with Gasteiger partial charge < -0.3 is 19.5 Å². The van der Waals surface area contributed by atoms with E-state index in [-0.39, 0.29) is 27.8 Å². The van der Waals surface area contributed by atoms with Gasteiger partial charge in [0.1, 0.15) is 15.6 Å². The molecular formula is C19H19NO7S. The summed E-state index contributed by atoms with van der Waals surface area (Å²) in [7, 11) is 2.43. The monoisotopic (exact) mass is 405 g/mol. The van der Waals surface area contributed by atoms with Crippen LogP contribution in [0.3, 0.4) is 0 Å². The molecule has 0 radical (unpaired) electrons. The number of methoxy groups -OCH3 is 2. The maximum Gasteiger partial charge on any atom is 0.348 e. The number of benzene rings is 1. The van der Waals surface area contributed by atoms with Gasteiger partial charge in [-0.15, -0.1) is 11.3 Å². The normalized spacial score (nSPS) is 10.1. The Hall–Kier alpha value is -3.20. The first-order chi connectivity index (χ1) is 13.3. The molecule has 148 valence electrons. The predicted molar refractivity (Wildman–Crippen MR) is 102 cm³/mol. The number of nitrogens with one attached hydrogen (secondary N) is 1. The Bertz CT molecular complexity index is 932. The molecule has 0 fully saturated rings. The molecule has 0 aliphatic carbocycles. The fourth-order valence-electron chi connectivity index (χ4n) is 2.35. The second-order valence-electron chi connectivity index (χ2n) is 5.66. The Morgan fingerprint density at radius 2 is 1.75 bits per heavy atom. The highest BCUT2D eigenvalue weighted by molar-refractivity contribution is 7.18. The quantitative estimate of drug-likeness (QED) is 0.557. The molecule has 1 aromatic heterocycles. The third kappa shape index (κ3) is 4.74. The van der Waals surface area contributed by atoms with Crippen molar-refractivity contribution in [3.63, 3.8) is 0 Å². The molecule has 0 spiro atoms. The molecule has 9 heteroatoms. The second kappa shape index (κ2) is 9.14. The molecule has 0 bridgehead atoms. The summed E-state index contributed by atoms with van der Waals surface area (Å²) in [4.78, 5) is 47.8. The first-order valence-electron chi connectivity index (χ1n) is 8.12. The molecular weight excluding hydrogens is 386 g/mol. The van der Waals surface area contributed by atoms with Crippen molar-refractivity contribution in [2.45, 2.75) is 13.8 Å². The van der Waals surface area contributed by atoms with Crippen LogP contribution in [0.15, 0.2) is 24.3 Å². The summed E-state index contributed by atoms with van der Waals surface area (Å²) >= 11 is 0.911. The Morgan fingerprint density at radius 1 is 1.07 bits per heavy atom. The maximum absolute atomic E-state index is 12.3. The van der Waals surface area contributed by atoms with E-state index in [0.717, 1.165) is 11.3 Å². The third-order valence-corrected chi connectivity index (χ3v) is 4.96. The highest BCUT2D eigenvalue weighted by Gasteiger charge is 2.26. The van der Waals surface area contributed by atoms with Crippen LogP contribution in [-0.4, -0.2) is 44.5 Å². The summed E-state index contributed by atoms with van der Waals surface area (Å²) in [5, 5.41) is 2.72. The number of anilines is 1. The molecule has 0 saturated heterocycles. The van der Waals surface area contributed by atoms with Crippen LogP contribution in [-0.2, 0) is 14.3 Å². The van der Waals surface area contributed by atoms with Crippen LogP contribution in [0.2, 0.25) is 0 Å². The van der Waals surface area contributed by atoms with Gasteiger partial charge >= 0.3 is 11.9 Å². The van der Waals surface area contributed by atoms with E-state index >= 15 is 0 Å². The number of ether oxygens (including phenoxy) is 3. The van der Waals surface area contributed by atoms with E-state index in [2.05, 4.69) is 5.32 Å². The van der Waals surface area contributed by atoms with Crippen LogP contribution < -0.4 is 10.1 Å². The minimum Gasteiger partial charge on any atom is -0.484 e. The van der Waals surface area contributed by atoms with Crippen molar-refractivity contribution in [1.29, 1.82) is 0 Å². The van der Waals surface area contributed by atoms with Crippen LogP contribution in [0.25, 0.3) is 0 Å². The largest absolute Gasteiger partial charge is 0.484 e. The molecule has 0 saturated carbocycles. The van der Waals surface area contributed by atoms with Gasteiger partial charge in [-0.2, -0.15) is 0 Å². The minimum absolute atomic E-state index is 0.0832. The zero-order valence-electron chi connectivity index (χ0n) is 15.8. The maximum atomic E-state index is 12.3. The highest BCUT2D eigenvalue weighted by Crippen LogP contribution is 2.34. The summed E-state index contributed by atoms with van der Waals surface area (Å²) in [5.74, 6) is -1.62. The van der Waals surface area contributed by atoms with E-state index < -0.39 is 17.8 Å². The van der Waals surface area contributed by atoms with Crippen molar-refractivity contribution in [1.82, 2.24) is 0 Å². The molecule has 1 N–H and O–H groups in total. The summed E-state index contributed by atoms with van der Waals surface area (Å²) in [6.07, 6.45) is 0. The van der Waals surface area contributed by atoms with Crippen LogP contribution in [0.4, 0.5) is 5.00 Å². The standard InChI is InChI=1S/C19H19NO7S/c1-10-15(18(23)25-3)17(28-16(10)19(24)26-4)20-14(22)9-27-13-7-5-6-12(8-13)11(2)21/h5-8H,9H2,1-4H3,(H,20,22). The van der Waals surface area contributed by atoms with Crippen LogP contribution in [0, 0.1) is 6.92 Å². The van der Waals surface area contributed by atoms with Gasteiger partial charge in [-0.05, 0) is 31.5 Å². The molecule has 0 atom stereocenters. The third-order valence-electron chi connectivity index (χ3n) is 3.77. The molecule has 1 aromatic carbocycles. The fourth-order valence-corrected chi connectivity index (χ4v) is 3.48. The molecule has 0 aliphatic rings. The topological polar surface area (TPSA) is 108 Å². The lowest BCUT2D eigenvalue weighted by atomic mass is 10.1. The fraction of sp³-hybridized carbons (Fsp3) is 0.263. The van der Waals surface area contributed by atoms with Crippen molar-refractivity contribution >= 4 is 40.0 Å². The van der Waals surface area contributed by atoms with Gasteiger partial charge in [0.2, 0.25) is 0 Å². The van der Waals surface area contributed by atoms with Gasteiger partial charge in [0.15, 0.2) is 12.4 Å². The number of carbonyl (C=O) groups excluding carboxylic acids is 4. The molecule has 28 heavy (non-hydrogen) atoms. The van der Waals surface area contributed by atoms with Gasteiger partial charge in [0, 0.05) is 5.56 Å². The van der Waals surface area contributed by atoms with Gasteiger partial charge in [0.05, 0.1) is 19.8 Å². The number of hydrogen-bond donors (Lipinski definition) is 1. The summed E-state index contributed by atoms with van der Waals surface area (Å²) in [5.41, 5.74) is 0.899. The van der Waals surface area contributed by atoms with Crippen molar-refractivity contribution in [3.8, 4) is 5.75 Å². The lowest BCUT2D eigenvalue weighted by Crippen LogP contribution is -2.21. The van der Waals surface area contributed by atoms with E-state index in [1.807, 2.05) is 0 Å². The number of rotatable bonds is 7. The van der Waals surface area contributed by atoms with Crippen LogP contribution >= 0.6 is 11.3 Å². The zero-order chi connectivity index (χ0) is 20.8. The number of esters is 2. The Kier molecular flexibility index (Phi) is 6.89. The van der Waals surface area contributed by atoms with Crippen molar-refractivity contribution < 1.29 is 33.4 Å². The summed E-state index contributed by atoms with van der Waals surface area (Å²) < 4.78 is 14.8. The number of thiophene rings is 1. The Balaban J connectivity index is 2.17. The summed E-state index contributed by atoms with van der Waals surface area (Å²) in [6, 6.07) is 6.43. The molecule has 1 amide bonds. The Morgan fingerprint density at radius 3 is 2.36 bits per heavy atom. The molecule has 2 rings (SSSR count). The van der Waals surface area contributed by atoms with E-state index in [0.29, 0.717) is 16.9 Å². The molecule has 1 heterocycles. The predicted octanol–water partition coefficient (Wildman–Crippen LogP) is 2.85. The number of carbonyl (C=O) groups is 4. The van der Waals surface area contributed by atoms with E-state index in [9.17, 15) is 19.2 Å². The summed E-state index contributed by atoms with van der Waals surface area (Å²) in [6.45, 7) is 2.64. The van der Waals surface area contributed by atoms with Crippen molar-refractivity contribution in [2.75, 3.05) is 26.1 Å². The number of hydrogen-bond acceptors (Lipinski definition) is 8. The average Bonchev–Trinajstić information content (AvgIpc) is 3.01. The zero-order valence-corrected chi connectivity index (χ0v) is 16.6. The van der Waals surface area contributed by atoms with Gasteiger partial charge in [0.25, 0.3) is 5.91 Å². The second-order valence-corrected chi connectivity index (χ2v) is 6.68. The molecule has 2 aromatic rings. The first-order valence-corrected chi connectivity index (χ1v) is 8.93. The van der Waals surface area contributed by atoms with Crippen LogP contribution in [0.5, 0.6) is 5.75 Å². The number of Topliss-reactive ketones (excluding diaryl/α,β-unsaturated/α-hetero) is 1. The van der Waals surface area contributed by atoms with Gasteiger partial charge in [-0.1, -0.05) is 12.1 Å². The van der Waals surface area contributed by atoms with E-state index in [4.69, 9.17) is 14.2 Å². The smallest absolute Gasteiger partial charge is 0.348 e. The van der Waals surface area contributed by atoms with Crippen molar-refractivity contribution in [3.05, 3.63) is 45.8 Å². The molecule has 0 aliphatic heterocycles. The minimum atomic E-state index is -0.686.